The van der Waals surface area contributed by atoms with Crippen LogP contribution < -0.4 is 5.32 Å². The highest BCUT2D eigenvalue weighted by atomic mass is 35.5. The van der Waals surface area contributed by atoms with Crippen LogP contribution in [0.15, 0.2) is 48.7 Å². The lowest BCUT2D eigenvalue weighted by atomic mass is 10.2. The predicted octanol–water partition coefficient (Wildman–Crippen LogP) is 2.86. The van der Waals surface area contributed by atoms with Crippen LogP contribution in [-0.4, -0.2) is 20.9 Å². The molecule has 3 rings (SSSR count). The molecular formula is C15H11ClN4O. The Bertz CT molecular complexity index is 792. The molecule has 5 nitrogen and oxygen atoms in total. The number of hydrogen-bond acceptors (Lipinski definition) is 4. The van der Waals surface area contributed by atoms with E-state index >= 15 is 0 Å². The smallest absolute Gasteiger partial charge is 0.231 e. The quantitative estimate of drug-likeness (QED) is 0.807. The highest BCUT2D eigenvalue weighted by Crippen LogP contribution is 2.21. The fourth-order valence-corrected chi connectivity index (χ4v) is 2.08. The molecule has 3 aromatic rings. The first kappa shape index (κ1) is 13.5. The van der Waals surface area contributed by atoms with Crippen LogP contribution in [-0.2, 0) is 11.2 Å². The van der Waals surface area contributed by atoms with E-state index in [-0.39, 0.29) is 23.3 Å². The molecule has 21 heavy (non-hydrogen) atoms. The summed E-state index contributed by atoms with van der Waals surface area (Å²) in [6.07, 6.45) is 1.80. The molecule has 2 aromatic heterocycles. The Morgan fingerprint density at radius 3 is 2.48 bits per heavy atom. The third-order valence-corrected chi connectivity index (χ3v) is 3.12. The molecule has 0 aliphatic heterocycles. The van der Waals surface area contributed by atoms with Gasteiger partial charge in [-0.05, 0) is 24.3 Å². The van der Waals surface area contributed by atoms with Crippen LogP contribution in [0.2, 0.25) is 5.15 Å². The van der Waals surface area contributed by atoms with E-state index in [2.05, 4.69) is 20.3 Å². The van der Waals surface area contributed by atoms with E-state index in [1.54, 1.807) is 18.3 Å². The fraction of sp³-hybridized carbons (Fsp3) is 0.0667. The van der Waals surface area contributed by atoms with Gasteiger partial charge >= 0.3 is 0 Å². The molecule has 2 heterocycles. The summed E-state index contributed by atoms with van der Waals surface area (Å²) in [6.45, 7) is 0. The van der Waals surface area contributed by atoms with Gasteiger partial charge in [0.1, 0.15) is 0 Å². The van der Waals surface area contributed by atoms with E-state index < -0.39 is 0 Å². The number of benzene rings is 1. The summed E-state index contributed by atoms with van der Waals surface area (Å²) in [5.41, 5.74) is 2.04. The number of carbonyl (C=O) groups is 1. The number of pyridine rings is 1. The van der Waals surface area contributed by atoms with Gasteiger partial charge in [0, 0.05) is 11.9 Å². The molecular weight excluding hydrogens is 288 g/mol. The van der Waals surface area contributed by atoms with Crippen molar-refractivity contribution in [3.63, 3.8) is 0 Å². The third-order valence-electron chi connectivity index (χ3n) is 2.85. The topological polar surface area (TPSA) is 67.8 Å². The molecule has 0 atom stereocenters. The number of aromatic nitrogens is 3. The fourth-order valence-electron chi connectivity index (χ4n) is 1.90. The number of halogens is 1. The first-order valence-corrected chi connectivity index (χ1v) is 6.72. The minimum atomic E-state index is -0.236. The average Bonchev–Trinajstić information content (AvgIpc) is 2.49. The monoisotopic (exact) mass is 298 g/mol. The van der Waals surface area contributed by atoms with Crippen LogP contribution in [0.25, 0.3) is 11.0 Å². The van der Waals surface area contributed by atoms with E-state index in [1.807, 2.05) is 30.3 Å². The lowest BCUT2D eigenvalue weighted by molar-refractivity contribution is -0.115. The molecule has 0 saturated carbocycles. The molecule has 1 amide bonds. The van der Waals surface area contributed by atoms with E-state index in [4.69, 9.17) is 11.6 Å². The molecule has 6 heteroatoms. The molecule has 0 unspecified atom stereocenters. The van der Waals surface area contributed by atoms with Gasteiger partial charge in [0.15, 0.2) is 11.0 Å². The van der Waals surface area contributed by atoms with Crippen molar-refractivity contribution in [2.75, 3.05) is 5.32 Å². The molecule has 1 aromatic carbocycles. The summed E-state index contributed by atoms with van der Waals surface area (Å²) in [6, 6.07) is 12.7. The highest BCUT2D eigenvalue weighted by molar-refractivity contribution is 6.32. The van der Waals surface area contributed by atoms with E-state index in [0.717, 1.165) is 0 Å². The molecule has 104 valence electrons. The highest BCUT2D eigenvalue weighted by Gasteiger charge is 2.11. The Labute approximate surface area is 126 Å². The van der Waals surface area contributed by atoms with Crippen LogP contribution in [0.3, 0.4) is 0 Å². The SMILES string of the molecule is O=C(Cc1ccccn1)Nc1nc2ccccc2nc1Cl. The largest absolute Gasteiger partial charge is 0.308 e. The van der Waals surface area contributed by atoms with E-state index in [9.17, 15) is 4.79 Å². The van der Waals surface area contributed by atoms with Gasteiger partial charge < -0.3 is 5.32 Å². The van der Waals surface area contributed by atoms with Crippen LogP contribution >= 0.6 is 11.6 Å². The van der Waals surface area contributed by atoms with Crippen LogP contribution in [0.5, 0.6) is 0 Å². The van der Waals surface area contributed by atoms with Crippen molar-refractivity contribution in [1.82, 2.24) is 15.0 Å². The Morgan fingerprint density at radius 2 is 1.76 bits per heavy atom. The minimum Gasteiger partial charge on any atom is -0.308 e. The number of nitrogens with one attached hydrogen (secondary N) is 1. The van der Waals surface area contributed by atoms with Gasteiger partial charge in [0.2, 0.25) is 5.91 Å². The van der Waals surface area contributed by atoms with Crippen molar-refractivity contribution < 1.29 is 4.79 Å². The molecule has 0 fully saturated rings. The second-order valence-electron chi connectivity index (χ2n) is 4.40. The van der Waals surface area contributed by atoms with Crippen LogP contribution in [0.1, 0.15) is 5.69 Å². The maximum atomic E-state index is 12.0. The summed E-state index contributed by atoms with van der Waals surface area (Å²) >= 11 is 6.05. The Balaban J connectivity index is 1.81. The zero-order chi connectivity index (χ0) is 14.7. The first-order chi connectivity index (χ1) is 10.2. The van der Waals surface area contributed by atoms with Crippen molar-refractivity contribution in [3.05, 3.63) is 59.5 Å². The maximum absolute atomic E-state index is 12.0. The number of para-hydroxylation sites is 2. The Kier molecular flexibility index (Phi) is 3.75. The lowest BCUT2D eigenvalue weighted by Gasteiger charge is -2.07. The van der Waals surface area contributed by atoms with Gasteiger partial charge in [-0.1, -0.05) is 29.8 Å². The number of amides is 1. The van der Waals surface area contributed by atoms with Gasteiger partial charge in [-0.25, -0.2) is 9.97 Å². The molecule has 0 aliphatic rings. The van der Waals surface area contributed by atoms with Crippen LogP contribution in [0.4, 0.5) is 5.82 Å². The number of hydrogen-bond donors (Lipinski definition) is 1. The predicted molar refractivity (Wildman–Crippen MR) is 81.1 cm³/mol. The van der Waals surface area contributed by atoms with Crippen molar-refractivity contribution in [2.45, 2.75) is 6.42 Å². The summed E-state index contributed by atoms with van der Waals surface area (Å²) in [5.74, 6) is 0.0245. The number of carbonyl (C=O) groups excluding carboxylic acids is 1. The molecule has 0 bridgehead atoms. The average molecular weight is 299 g/mol. The lowest BCUT2D eigenvalue weighted by Crippen LogP contribution is -2.16. The van der Waals surface area contributed by atoms with Crippen molar-refractivity contribution in [1.29, 1.82) is 0 Å². The van der Waals surface area contributed by atoms with Gasteiger partial charge in [-0.15, -0.1) is 0 Å². The Morgan fingerprint density at radius 1 is 1.05 bits per heavy atom. The number of anilines is 1. The number of fused-ring (bicyclic) bond motifs is 1. The molecule has 0 saturated heterocycles. The van der Waals surface area contributed by atoms with E-state index in [0.29, 0.717) is 16.7 Å². The normalized spacial score (nSPS) is 10.5. The van der Waals surface area contributed by atoms with Gasteiger partial charge in [-0.2, -0.15) is 0 Å². The standard InChI is InChI=1S/C15H11ClN4O/c16-14-15(19-12-7-2-1-6-11(12)18-14)20-13(21)9-10-5-3-4-8-17-10/h1-8H,9H2,(H,19,20,21). The third kappa shape index (κ3) is 3.14. The van der Waals surface area contributed by atoms with Gasteiger partial charge in [0.05, 0.1) is 17.5 Å². The van der Waals surface area contributed by atoms with Gasteiger partial charge in [-0.3, -0.25) is 9.78 Å². The van der Waals surface area contributed by atoms with E-state index in [1.165, 1.54) is 0 Å². The Hall–Kier alpha value is -2.53. The number of nitrogens with zero attached hydrogens (tertiary/aromatic N) is 3. The molecule has 0 spiro atoms. The number of rotatable bonds is 3. The molecule has 0 radical (unpaired) electrons. The zero-order valence-corrected chi connectivity index (χ0v) is 11.7. The first-order valence-electron chi connectivity index (χ1n) is 6.34. The van der Waals surface area contributed by atoms with Crippen molar-refractivity contribution in [2.24, 2.45) is 0 Å². The summed E-state index contributed by atoms with van der Waals surface area (Å²) in [4.78, 5) is 24.6. The summed E-state index contributed by atoms with van der Waals surface area (Å²) in [5, 5.41) is 2.84. The zero-order valence-electron chi connectivity index (χ0n) is 11.0. The summed E-state index contributed by atoms with van der Waals surface area (Å²) in [7, 11) is 0. The molecule has 0 aliphatic carbocycles. The van der Waals surface area contributed by atoms with Crippen molar-refractivity contribution >= 4 is 34.4 Å². The minimum absolute atomic E-state index is 0.158. The maximum Gasteiger partial charge on any atom is 0.231 e. The van der Waals surface area contributed by atoms with Crippen molar-refractivity contribution in [3.8, 4) is 0 Å². The van der Waals surface area contributed by atoms with Crippen LogP contribution in [0, 0.1) is 0 Å². The molecule has 1 N–H and O–H groups in total. The second-order valence-corrected chi connectivity index (χ2v) is 4.76. The summed E-state index contributed by atoms with van der Waals surface area (Å²) < 4.78 is 0. The van der Waals surface area contributed by atoms with Gasteiger partial charge in [0.25, 0.3) is 0 Å². The second kappa shape index (κ2) is 5.85.